The number of nitrogens with zero attached hydrogens (tertiary/aromatic N) is 1. The van der Waals surface area contributed by atoms with E-state index in [0.29, 0.717) is 21.4 Å². The Balaban J connectivity index is 3.20. The Morgan fingerprint density at radius 1 is 1.46 bits per heavy atom. The molecule has 0 saturated heterocycles. The van der Waals surface area contributed by atoms with E-state index in [1.165, 1.54) is 7.11 Å². The third-order valence-corrected chi connectivity index (χ3v) is 2.22. The molecular formula is C9H7Cl2NO. The van der Waals surface area contributed by atoms with Crippen LogP contribution < -0.4 is 4.74 Å². The summed E-state index contributed by atoms with van der Waals surface area (Å²) in [6.45, 7) is 0. The van der Waals surface area contributed by atoms with Crippen molar-refractivity contribution in [3.63, 3.8) is 0 Å². The van der Waals surface area contributed by atoms with Gasteiger partial charge in [0.05, 0.1) is 24.6 Å². The minimum Gasteiger partial charge on any atom is -0.495 e. The van der Waals surface area contributed by atoms with Crippen molar-refractivity contribution in [3.8, 4) is 11.8 Å². The Morgan fingerprint density at radius 2 is 2.15 bits per heavy atom. The molecule has 1 aromatic rings. The Morgan fingerprint density at radius 3 is 2.69 bits per heavy atom. The van der Waals surface area contributed by atoms with Crippen LogP contribution in [0.5, 0.6) is 5.75 Å². The zero-order valence-corrected chi connectivity index (χ0v) is 8.49. The Labute approximate surface area is 86.6 Å². The van der Waals surface area contributed by atoms with Gasteiger partial charge >= 0.3 is 0 Å². The van der Waals surface area contributed by atoms with E-state index >= 15 is 0 Å². The van der Waals surface area contributed by atoms with Gasteiger partial charge in [0.2, 0.25) is 0 Å². The summed E-state index contributed by atoms with van der Waals surface area (Å²) in [4.78, 5) is 0. The summed E-state index contributed by atoms with van der Waals surface area (Å²) in [6.07, 6.45) is 0.232. The fourth-order valence-corrected chi connectivity index (χ4v) is 1.46. The van der Waals surface area contributed by atoms with Crippen LogP contribution in [0.4, 0.5) is 0 Å². The maximum absolute atomic E-state index is 8.51. The van der Waals surface area contributed by atoms with Gasteiger partial charge in [-0.2, -0.15) is 5.26 Å². The number of hydrogen-bond acceptors (Lipinski definition) is 2. The van der Waals surface area contributed by atoms with E-state index in [1.54, 1.807) is 12.1 Å². The maximum Gasteiger partial charge on any atom is 0.139 e. The van der Waals surface area contributed by atoms with Crippen LogP contribution in [0.3, 0.4) is 0 Å². The molecule has 0 aliphatic heterocycles. The van der Waals surface area contributed by atoms with Crippen molar-refractivity contribution in [1.82, 2.24) is 0 Å². The maximum atomic E-state index is 8.51. The molecule has 0 aliphatic carbocycles. The van der Waals surface area contributed by atoms with E-state index in [2.05, 4.69) is 0 Å². The van der Waals surface area contributed by atoms with Gasteiger partial charge in [0, 0.05) is 11.1 Å². The summed E-state index contributed by atoms with van der Waals surface area (Å²) in [7, 11) is 1.51. The standard InChI is InChI=1S/C9H7Cl2NO/c1-13-8-5-7(10)4-6(2-3-12)9(8)11/h4-5H,2H2,1H3. The highest BCUT2D eigenvalue weighted by Crippen LogP contribution is 2.31. The molecule has 0 saturated carbocycles. The van der Waals surface area contributed by atoms with E-state index in [9.17, 15) is 0 Å². The Hall–Kier alpha value is -0.910. The van der Waals surface area contributed by atoms with Crippen LogP contribution in [0, 0.1) is 11.3 Å². The number of ether oxygens (including phenoxy) is 1. The van der Waals surface area contributed by atoms with Gasteiger partial charge in [-0.05, 0) is 11.6 Å². The molecule has 0 fully saturated rings. The van der Waals surface area contributed by atoms with Crippen molar-refractivity contribution in [1.29, 1.82) is 5.26 Å². The first-order valence-corrected chi connectivity index (χ1v) is 4.33. The Kier molecular flexibility index (Phi) is 3.41. The number of nitriles is 1. The zero-order valence-electron chi connectivity index (χ0n) is 6.97. The van der Waals surface area contributed by atoms with Crippen LogP contribution in [-0.4, -0.2) is 7.11 Å². The van der Waals surface area contributed by atoms with Gasteiger partial charge in [-0.1, -0.05) is 23.2 Å². The third-order valence-electron chi connectivity index (χ3n) is 1.57. The first-order valence-electron chi connectivity index (χ1n) is 3.58. The molecule has 1 aromatic carbocycles. The van der Waals surface area contributed by atoms with Gasteiger partial charge in [-0.15, -0.1) is 0 Å². The molecule has 0 bridgehead atoms. The van der Waals surface area contributed by atoms with Crippen molar-refractivity contribution in [2.75, 3.05) is 7.11 Å². The molecule has 0 unspecified atom stereocenters. The summed E-state index contributed by atoms with van der Waals surface area (Å²) < 4.78 is 4.99. The molecule has 0 aliphatic rings. The van der Waals surface area contributed by atoms with Crippen LogP contribution in [0.15, 0.2) is 12.1 Å². The van der Waals surface area contributed by atoms with Gasteiger partial charge in [-0.25, -0.2) is 0 Å². The third kappa shape index (κ3) is 2.27. The molecule has 0 atom stereocenters. The lowest BCUT2D eigenvalue weighted by Gasteiger charge is -2.06. The van der Waals surface area contributed by atoms with Gasteiger partial charge in [0.15, 0.2) is 0 Å². The lowest BCUT2D eigenvalue weighted by Crippen LogP contribution is -1.90. The summed E-state index contributed by atoms with van der Waals surface area (Å²) in [5.41, 5.74) is 0.688. The molecule has 1 rings (SSSR count). The number of methoxy groups -OCH3 is 1. The first kappa shape index (κ1) is 10.2. The predicted molar refractivity (Wildman–Crippen MR) is 52.3 cm³/mol. The molecule has 0 amide bonds. The number of rotatable bonds is 2. The second-order valence-corrected chi connectivity index (χ2v) is 3.23. The van der Waals surface area contributed by atoms with Gasteiger partial charge < -0.3 is 4.74 Å². The van der Waals surface area contributed by atoms with Crippen molar-refractivity contribution in [2.24, 2.45) is 0 Å². The topological polar surface area (TPSA) is 33.0 Å². The van der Waals surface area contributed by atoms with E-state index in [0.717, 1.165) is 0 Å². The van der Waals surface area contributed by atoms with Crippen LogP contribution in [0.2, 0.25) is 10.0 Å². The van der Waals surface area contributed by atoms with Gasteiger partial charge in [-0.3, -0.25) is 0 Å². The minimum absolute atomic E-state index is 0.232. The lowest BCUT2D eigenvalue weighted by molar-refractivity contribution is 0.414. The summed E-state index contributed by atoms with van der Waals surface area (Å²) in [5.74, 6) is 0.499. The normalized spacial score (nSPS) is 9.38. The van der Waals surface area contributed by atoms with Crippen LogP contribution in [0.1, 0.15) is 5.56 Å². The molecule has 0 N–H and O–H groups in total. The zero-order chi connectivity index (χ0) is 9.84. The second kappa shape index (κ2) is 4.36. The largest absolute Gasteiger partial charge is 0.495 e. The molecule has 0 radical (unpaired) electrons. The van der Waals surface area contributed by atoms with Crippen molar-refractivity contribution in [2.45, 2.75) is 6.42 Å². The van der Waals surface area contributed by atoms with Crippen LogP contribution in [0.25, 0.3) is 0 Å². The fourth-order valence-electron chi connectivity index (χ4n) is 0.981. The van der Waals surface area contributed by atoms with Crippen molar-refractivity contribution < 1.29 is 4.74 Å². The average Bonchev–Trinajstić information content (AvgIpc) is 2.11. The second-order valence-electron chi connectivity index (χ2n) is 2.42. The smallest absolute Gasteiger partial charge is 0.139 e. The highest BCUT2D eigenvalue weighted by molar-refractivity contribution is 6.34. The van der Waals surface area contributed by atoms with E-state index < -0.39 is 0 Å². The lowest BCUT2D eigenvalue weighted by atomic mass is 10.1. The molecule has 0 aromatic heterocycles. The minimum atomic E-state index is 0.232. The fraction of sp³-hybridized carbons (Fsp3) is 0.222. The van der Waals surface area contributed by atoms with Crippen molar-refractivity contribution >= 4 is 23.2 Å². The number of halogens is 2. The highest BCUT2D eigenvalue weighted by atomic mass is 35.5. The number of benzene rings is 1. The average molecular weight is 216 g/mol. The molecule has 68 valence electrons. The number of hydrogen-bond donors (Lipinski definition) is 0. The van der Waals surface area contributed by atoms with Crippen LogP contribution >= 0.6 is 23.2 Å². The molecule has 2 nitrogen and oxygen atoms in total. The molecule has 0 heterocycles. The van der Waals surface area contributed by atoms with Gasteiger partial charge in [0.1, 0.15) is 5.75 Å². The molecule has 4 heteroatoms. The van der Waals surface area contributed by atoms with E-state index in [-0.39, 0.29) is 6.42 Å². The molecule has 0 spiro atoms. The highest BCUT2D eigenvalue weighted by Gasteiger charge is 2.08. The van der Waals surface area contributed by atoms with Gasteiger partial charge in [0.25, 0.3) is 0 Å². The monoisotopic (exact) mass is 215 g/mol. The first-order chi connectivity index (χ1) is 6.19. The molecular weight excluding hydrogens is 209 g/mol. The van der Waals surface area contributed by atoms with E-state index in [4.69, 9.17) is 33.2 Å². The quantitative estimate of drug-likeness (QED) is 0.760. The summed E-state index contributed by atoms with van der Waals surface area (Å²) in [6, 6.07) is 5.28. The predicted octanol–water partition coefficient (Wildman–Crippen LogP) is 3.07. The van der Waals surface area contributed by atoms with Crippen LogP contribution in [-0.2, 0) is 6.42 Å². The Bertz CT molecular complexity index is 357. The van der Waals surface area contributed by atoms with E-state index in [1.807, 2.05) is 6.07 Å². The summed E-state index contributed by atoms with van der Waals surface area (Å²) >= 11 is 11.7. The van der Waals surface area contributed by atoms with Crippen molar-refractivity contribution in [3.05, 3.63) is 27.7 Å². The SMILES string of the molecule is COc1cc(Cl)cc(CC#N)c1Cl. The summed E-state index contributed by atoms with van der Waals surface area (Å²) in [5, 5.41) is 9.48. The molecule has 13 heavy (non-hydrogen) atoms.